The molecule has 0 fully saturated rings. The number of carbonyl (C=O) groups excluding carboxylic acids is 2. The van der Waals surface area contributed by atoms with Crippen molar-refractivity contribution in [2.45, 2.75) is 11.9 Å². The Labute approximate surface area is 137 Å². The molecule has 0 radical (unpaired) electrons. The summed E-state index contributed by atoms with van der Waals surface area (Å²) in [5.41, 5.74) is 1.09. The minimum absolute atomic E-state index is 0.300. The largest absolute Gasteiger partial charge is 0.452 e. The van der Waals surface area contributed by atoms with Crippen LogP contribution >= 0.6 is 11.8 Å². The van der Waals surface area contributed by atoms with Crippen LogP contribution in [0.4, 0.5) is 10.1 Å². The van der Waals surface area contributed by atoms with E-state index in [4.69, 9.17) is 4.74 Å². The molecule has 120 valence electrons. The molecule has 0 saturated heterocycles. The number of nitrogens with one attached hydrogen (secondary N) is 1. The van der Waals surface area contributed by atoms with E-state index in [1.54, 1.807) is 43.6 Å². The first-order valence-corrected chi connectivity index (χ1v) is 7.96. The van der Waals surface area contributed by atoms with Crippen LogP contribution in [0.5, 0.6) is 0 Å². The molecule has 1 N–H and O–H groups in total. The van der Waals surface area contributed by atoms with E-state index in [1.165, 1.54) is 17.8 Å². The van der Waals surface area contributed by atoms with Gasteiger partial charge in [-0.2, -0.15) is 0 Å². The van der Waals surface area contributed by atoms with Crippen LogP contribution in [0.3, 0.4) is 0 Å². The summed E-state index contributed by atoms with van der Waals surface area (Å²) in [5, 5.41) is 2.99. The Morgan fingerprint density at radius 2 is 2.13 bits per heavy atom. The zero-order valence-corrected chi connectivity index (χ0v) is 13.4. The quantitative estimate of drug-likeness (QED) is 0.672. The van der Waals surface area contributed by atoms with Crippen molar-refractivity contribution < 1.29 is 18.7 Å². The van der Waals surface area contributed by atoms with Gasteiger partial charge in [-0.25, -0.2) is 14.2 Å². The highest BCUT2D eigenvalue weighted by Crippen LogP contribution is 2.18. The fourth-order valence-corrected chi connectivity index (χ4v) is 2.32. The highest BCUT2D eigenvalue weighted by molar-refractivity contribution is 7.98. The zero-order valence-electron chi connectivity index (χ0n) is 12.6. The minimum atomic E-state index is -0.632. The van der Waals surface area contributed by atoms with Crippen LogP contribution < -0.4 is 5.32 Å². The van der Waals surface area contributed by atoms with Crippen molar-refractivity contribution in [2.24, 2.45) is 0 Å². The Balaban J connectivity index is 1.93. The molecule has 0 bridgehead atoms. The lowest BCUT2D eigenvalue weighted by molar-refractivity contribution is -0.119. The van der Waals surface area contributed by atoms with Crippen molar-refractivity contribution in [1.29, 1.82) is 0 Å². The van der Waals surface area contributed by atoms with E-state index in [1.807, 2.05) is 0 Å². The van der Waals surface area contributed by atoms with Crippen LogP contribution in [-0.4, -0.2) is 29.7 Å². The van der Waals surface area contributed by atoms with Crippen LogP contribution in [0, 0.1) is 12.7 Å². The Kier molecular flexibility index (Phi) is 5.70. The Bertz CT molecular complexity index is 737. The summed E-state index contributed by atoms with van der Waals surface area (Å²) in [5.74, 6) is -1.59. The van der Waals surface area contributed by atoms with Gasteiger partial charge in [0, 0.05) is 11.9 Å². The summed E-state index contributed by atoms with van der Waals surface area (Å²) in [4.78, 5) is 27.8. The number of nitrogens with zero attached hydrogens (tertiary/aromatic N) is 1. The fourth-order valence-electron chi connectivity index (χ4n) is 1.79. The monoisotopic (exact) mass is 334 g/mol. The number of aromatic nitrogens is 1. The van der Waals surface area contributed by atoms with E-state index in [0.717, 1.165) is 0 Å². The molecule has 0 atom stereocenters. The van der Waals surface area contributed by atoms with Crippen molar-refractivity contribution >= 4 is 29.3 Å². The predicted octanol–water partition coefficient (Wildman–Crippen LogP) is 3.05. The first-order chi connectivity index (χ1) is 11.0. The van der Waals surface area contributed by atoms with Gasteiger partial charge in [0.2, 0.25) is 0 Å². The van der Waals surface area contributed by atoms with Crippen LogP contribution in [0.25, 0.3) is 0 Å². The molecular formula is C16H15FN2O3S. The second-order valence-corrected chi connectivity index (χ2v) is 5.44. The van der Waals surface area contributed by atoms with Gasteiger partial charge in [0.05, 0.1) is 5.56 Å². The van der Waals surface area contributed by atoms with Crippen LogP contribution in [0.1, 0.15) is 15.9 Å². The number of anilines is 1. The lowest BCUT2D eigenvalue weighted by atomic mass is 10.2. The van der Waals surface area contributed by atoms with Gasteiger partial charge < -0.3 is 10.1 Å². The molecule has 0 aliphatic carbocycles. The average molecular weight is 334 g/mol. The number of halogens is 1. The average Bonchev–Trinajstić information content (AvgIpc) is 2.56. The van der Waals surface area contributed by atoms with E-state index in [0.29, 0.717) is 21.8 Å². The smallest absolute Gasteiger partial charge is 0.341 e. The molecule has 0 aliphatic heterocycles. The predicted molar refractivity (Wildman–Crippen MR) is 86.1 cm³/mol. The van der Waals surface area contributed by atoms with Gasteiger partial charge in [0.25, 0.3) is 5.91 Å². The van der Waals surface area contributed by atoms with E-state index in [-0.39, 0.29) is 0 Å². The van der Waals surface area contributed by atoms with E-state index < -0.39 is 24.3 Å². The second kappa shape index (κ2) is 7.73. The highest BCUT2D eigenvalue weighted by atomic mass is 32.2. The van der Waals surface area contributed by atoms with Crippen molar-refractivity contribution in [2.75, 3.05) is 18.2 Å². The molecule has 7 heteroatoms. The molecule has 2 rings (SSSR count). The molecule has 0 saturated carbocycles. The maximum Gasteiger partial charge on any atom is 0.341 e. The summed E-state index contributed by atoms with van der Waals surface area (Å²) >= 11 is 1.31. The number of esters is 1. The van der Waals surface area contributed by atoms with Crippen molar-refractivity contribution in [3.05, 3.63) is 53.5 Å². The maximum atomic E-state index is 13.4. The summed E-state index contributed by atoms with van der Waals surface area (Å²) in [7, 11) is 0. The normalized spacial score (nSPS) is 10.2. The zero-order chi connectivity index (χ0) is 16.8. The van der Waals surface area contributed by atoms with Gasteiger partial charge in [0.1, 0.15) is 10.8 Å². The van der Waals surface area contributed by atoms with Crippen LogP contribution in [0.2, 0.25) is 0 Å². The van der Waals surface area contributed by atoms with Crippen molar-refractivity contribution in [3.63, 3.8) is 0 Å². The molecule has 23 heavy (non-hydrogen) atoms. The first kappa shape index (κ1) is 17.0. The molecule has 1 aromatic heterocycles. The summed E-state index contributed by atoms with van der Waals surface area (Å²) < 4.78 is 18.4. The lowest BCUT2D eigenvalue weighted by Gasteiger charge is -2.08. The number of amides is 1. The molecule has 0 aliphatic rings. The Morgan fingerprint density at radius 3 is 2.83 bits per heavy atom. The summed E-state index contributed by atoms with van der Waals surface area (Å²) in [6, 6.07) is 7.53. The molecule has 0 unspecified atom stereocenters. The van der Waals surface area contributed by atoms with Gasteiger partial charge in [-0.15, -0.1) is 11.8 Å². The van der Waals surface area contributed by atoms with Crippen molar-refractivity contribution in [1.82, 2.24) is 4.98 Å². The van der Waals surface area contributed by atoms with Gasteiger partial charge in [-0.3, -0.25) is 4.79 Å². The number of thioether (sulfide) groups is 1. The maximum absolute atomic E-state index is 13.4. The summed E-state index contributed by atoms with van der Waals surface area (Å²) in [6.45, 7) is 1.16. The highest BCUT2D eigenvalue weighted by Gasteiger charge is 2.15. The SMILES string of the molecule is CSc1ncccc1C(=O)OCC(=O)Nc1ccc(C)c(F)c1. The number of benzene rings is 1. The van der Waals surface area contributed by atoms with Gasteiger partial charge in [-0.1, -0.05) is 6.07 Å². The van der Waals surface area contributed by atoms with Gasteiger partial charge in [0.15, 0.2) is 6.61 Å². The molecule has 1 heterocycles. The lowest BCUT2D eigenvalue weighted by Crippen LogP contribution is -2.21. The summed E-state index contributed by atoms with van der Waals surface area (Å²) in [6.07, 6.45) is 3.36. The Hall–Kier alpha value is -2.41. The van der Waals surface area contributed by atoms with Crippen LogP contribution in [-0.2, 0) is 9.53 Å². The van der Waals surface area contributed by atoms with Gasteiger partial charge in [-0.05, 0) is 43.0 Å². The minimum Gasteiger partial charge on any atom is -0.452 e. The van der Waals surface area contributed by atoms with E-state index in [9.17, 15) is 14.0 Å². The second-order valence-electron chi connectivity index (χ2n) is 4.65. The molecule has 2 aromatic rings. The first-order valence-electron chi connectivity index (χ1n) is 6.73. The third-order valence-electron chi connectivity index (χ3n) is 2.97. The van der Waals surface area contributed by atoms with Gasteiger partial charge >= 0.3 is 5.97 Å². The topological polar surface area (TPSA) is 68.3 Å². The number of hydrogen-bond donors (Lipinski definition) is 1. The van der Waals surface area contributed by atoms with E-state index >= 15 is 0 Å². The molecule has 1 amide bonds. The molecule has 0 spiro atoms. The standard InChI is InChI=1S/C16H15FN2O3S/c1-10-5-6-11(8-13(10)17)19-14(20)9-22-16(21)12-4-3-7-18-15(12)23-2/h3-8H,9H2,1-2H3,(H,19,20). The Morgan fingerprint density at radius 1 is 1.35 bits per heavy atom. The molecule has 1 aromatic carbocycles. The molecular weight excluding hydrogens is 319 g/mol. The number of carbonyl (C=O) groups is 2. The fraction of sp³-hybridized carbons (Fsp3) is 0.188. The third-order valence-corrected chi connectivity index (χ3v) is 3.69. The number of aryl methyl sites for hydroxylation is 1. The number of ether oxygens (including phenoxy) is 1. The van der Waals surface area contributed by atoms with Crippen LogP contribution in [0.15, 0.2) is 41.6 Å². The van der Waals surface area contributed by atoms with Crippen molar-refractivity contribution in [3.8, 4) is 0 Å². The third kappa shape index (κ3) is 4.53. The number of pyridine rings is 1. The number of rotatable bonds is 5. The van der Waals surface area contributed by atoms with E-state index in [2.05, 4.69) is 10.3 Å². The molecule has 5 nitrogen and oxygen atoms in total. The number of hydrogen-bond acceptors (Lipinski definition) is 5.